The Morgan fingerprint density at radius 3 is 2.61 bits per heavy atom. The highest BCUT2D eigenvalue weighted by Crippen LogP contribution is 2.44. The summed E-state index contributed by atoms with van der Waals surface area (Å²) in [4.78, 5) is 11.8. The minimum Gasteiger partial charge on any atom is -0.481 e. The first kappa shape index (κ1) is 13.1. The summed E-state index contributed by atoms with van der Waals surface area (Å²) in [7, 11) is 0. The molecule has 0 saturated carbocycles. The Morgan fingerprint density at radius 2 is 2.00 bits per heavy atom. The number of hydrogen-bond donors (Lipinski definition) is 1. The zero-order chi connectivity index (χ0) is 13.4. The molecule has 1 aromatic carbocycles. The summed E-state index contributed by atoms with van der Waals surface area (Å²) >= 11 is 0. The fourth-order valence-corrected chi connectivity index (χ4v) is 2.87. The Kier molecular flexibility index (Phi) is 3.22. The van der Waals surface area contributed by atoms with Crippen LogP contribution < -0.4 is 0 Å². The largest absolute Gasteiger partial charge is 0.481 e. The van der Waals surface area contributed by atoms with Gasteiger partial charge in [0.05, 0.1) is 5.41 Å². The summed E-state index contributed by atoms with van der Waals surface area (Å²) in [5, 5.41) is 9.71. The highest BCUT2D eigenvalue weighted by atomic mass is 16.4. The predicted molar refractivity (Wildman–Crippen MR) is 72.8 cm³/mol. The lowest BCUT2D eigenvalue weighted by atomic mass is 9.74. The molecule has 1 aromatic rings. The number of aliphatic carboxylic acids is 1. The van der Waals surface area contributed by atoms with Gasteiger partial charge in [0, 0.05) is 0 Å². The van der Waals surface area contributed by atoms with Gasteiger partial charge in [-0.15, -0.1) is 0 Å². The molecular weight excluding hydrogens is 224 g/mol. The summed E-state index contributed by atoms with van der Waals surface area (Å²) in [6, 6.07) is 8.02. The van der Waals surface area contributed by atoms with E-state index < -0.39 is 11.4 Å². The minimum atomic E-state index is -0.656. The van der Waals surface area contributed by atoms with Crippen molar-refractivity contribution in [3.63, 3.8) is 0 Å². The topological polar surface area (TPSA) is 37.3 Å². The van der Waals surface area contributed by atoms with Crippen molar-refractivity contribution >= 4 is 5.97 Å². The molecule has 0 radical (unpaired) electrons. The molecule has 98 valence electrons. The van der Waals surface area contributed by atoms with Crippen LogP contribution in [-0.2, 0) is 16.6 Å². The van der Waals surface area contributed by atoms with Crippen molar-refractivity contribution < 1.29 is 9.90 Å². The smallest absolute Gasteiger partial charge is 0.314 e. The Hall–Kier alpha value is -1.31. The maximum Gasteiger partial charge on any atom is 0.314 e. The molecule has 0 fully saturated rings. The predicted octanol–water partition coefficient (Wildman–Crippen LogP) is 3.78. The monoisotopic (exact) mass is 246 g/mol. The molecule has 1 unspecified atom stereocenters. The first-order chi connectivity index (χ1) is 8.35. The molecule has 1 atom stereocenters. The summed E-state index contributed by atoms with van der Waals surface area (Å²) in [6.45, 7) is 6.51. The number of benzene rings is 1. The molecule has 18 heavy (non-hydrogen) atoms. The summed E-state index contributed by atoms with van der Waals surface area (Å²) < 4.78 is 0. The molecule has 0 aliphatic heterocycles. The van der Waals surface area contributed by atoms with Gasteiger partial charge >= 0.3 is 5.97 Å². The van der Waals surface area contributed by atoms with E-state index in [0.717, 1.165) is 31.2 Å². The Labute approximate surface area is 109 Å². The third-order valence-corrected chi connectivity index (χ3v) is 4.07. The van der Waals surface area contributed by atoms with Crippen molar-refractivity contribution in [1.29, 1.82) is 0 Å². The maximum atomic E-state index is 11.8. The Bertz CT molecular complexity index is 456. The minimum absolute atomic E-state index is 0.181. The summed E-state index contributed by atoms with van der Waals surface area (Å²) in [6.07, 6.45) is 3.32. The van der Waals surface area contributed by atoms with Gasteiger partial charge in [-0.2, -0.15) is 0 Å². The van der Waals surface area contributed by atoms with Crippen molar-refractivity contribution in [2.24, 2.45) is 5.41 Å². The lowest BCUT2D eigenvalue weighted by Gasteiger charge is -2.29. The molecular formula is C16H22O2. The fraction of sp³-hybridized carbons (Fsp3) is 0.562. The van der Waals surface area contributed by atoms with E-state index in [9.17, 15) is 9.90 Å². The van der Waals surface area contributed by atoms with E-state index >= 15 is 0 Å². The van der Waals surface area contributed by atoms with Crippen molar-refractivity contribution in [2.75, 3.05) is 0 Å². The molecule has 0 aromatic heterocycles. The van der Waals surface area contributed by atoms with E-state index in [1.54, 1.807) is 0 Å². The SMILES string of the molecule is CC(C)(C)CCC1(C(=O)O)CCc2ccccc21. The lowest BCUT2D eigenvalue weighted by molar-refractivity contribution is -0.144. The second kappa shape index (κ2) is 4.42. The summed E-state index contributed by atoms with van der Waals surface area (Å²) in [5.41, 5.74) is 1.79. The van der Waals surface area contributed by atoms with Crippen molar-refractivity contribution in [1.82, 2.24) is 0 Å². The third kappa shape index (κ3) is 2.29. The van der Waals surface area contributed by atoms with E-state index in [1.165, 1.54) is 5.56 Å². The van der Waals surface area contributed by atoms with Gasteiger partial charge in [-0.25, -0.2) is 0 Å². The van der Waals surface area contributed by atoms with Gasteiger partial charge in [0.2, 0.25) is 0 Å². The fourth-order valence-electron chi connectivity index (χ4n) is 2.87. The van der Waals surface area contributed by atoms with Gasteiger partial charge in [-0.05, 0) is 42.2 Å². The highest BCUT2D eigenvalue weighted by Gasteiger charge is 2.45. The zero-order valence-corrected chi connectivity index (χ0v) is 11.5. The molecule has 0 bridgehead atoms. The molecule has 1 aliphatic carbocycles. The number of aryl methyl sites for hydroxylation is 1. The first-order valence-corrected chi connectivity index (χ1v) is 6.67. The van der Waals surface area contributed by atoms with Crippen LogP contribution in [0.2, 0.25) is 0 Å². The van der Waals surface area contributed by atoms with Crippen LogP contribution in [0.25, 0.3) is 0 Å². The number of carboxylic acids is 1. The number of rotatable bonds is 3. The molecule has 2 nitrogen and oxygen atoms in total. The second-order valence-corrected chi connectivity index (χ2v) is 6.61. The van der Waals surface area contributed by atoms with Gasteiger partial charge < -0.3 is 5.11 Å². The van der Waals surface area contributed by atoms with Gasteiger partial charge in [-0.3, -0.25) is 4.79 Å². The molecule has 0 heterocycles. The van der Waals surface area contributed by atoms with E-state index in [0.29, 0.717) is 0 Å². The average molecular weight is 246 g/mol. The third-order valence-electron chi connectivity index (χ3n) is 4.07. The van der Waals surface area contributed by atoms with E-state index in [2.05, 4.69) is 26.8 Å². The maximum absolute atomic E-state index is 11.8. The lowest BCUT2D eigenvalue weighted by Crippen LogP contribution is -2.34. The highest BCUT2D eigenvalue weighted by molar-refractivity contribution is 5.83. The van der Waals surface area contributed by atoms with E-state index in [4.69, 9.17) is 0 Å². The number of carbonyl (C=O) groups is 1. The quantitative estimate of drug-likeness (QED) is 0.881. The molecule has 0 saturated heterocycles. The van der Waals surface area contributed by atoms with Crippen LogP contribution >= 0.6 is 0 Å². The number of fused-ring (bicyclic) bond motifs is 1. The molecule has 0 amide bonds. The van der Waals surface area contributed by atoms with Crippen molar-refractivity contribution in [3.05, 3.63) is 35.4 Å². The van der Waals surface area contributed by atoms with Gasteiger partial charge in [0.1, 0.15) is 0 Å². The standard InChI is InChI=1S/C16H22O2/c1-15(2,3)10-11-16(14(17)18)9-8-12-6-4-5-7-13(12)16/h4-7H,8-11H2,1-3H3,(H,17,18). The second-order valence-electron chi connectivity index (χ2n) is 6.61. The van der Waals surface area contributed by atoms with Crippen LogP contribution in [0.3, 0.4) is 0 Å². The normalized spacial score (nSPS) is 22.8. The number of carboxylic acid groups (broad SMARTS) is 1. The Morgan fingerprint density at radius 1 is 1.33 bits per heavy atom. The van der Waals surface area contributed by atoms with Crippen molar-refractivity contribution in [2.45, 2.75) is 51.9 Å². The van der Waals surface area contributed by atoms with Crippen LogP contribution in [0.1, 0.15) is 51.2 Å². The molecule has 1 N–H and O–H groups in total. The zero-order valence-electron chi connectivity index (χ0n) is 11.5. The molecule has 0 spiro atoms. The average Bonchev–Trinajstić information content (AvgIpc) is 2.66. The van der Waals surface area contributed by atoms with Crippen LogP contribution in [0.15, 0.2) is 24.3 Å². The van der Waals surface area contributed by atoms with Crippen LogP contribution in [-0.4, -0.2) is 11.1 Å². The van der Waals surface area contributed by atoms with Crippen LogP contribution in [0, 0.1) is 5.41 Å². The summed E-state index contributed by atoms with van der Waals surface area (Å²) in [5.74, 6) is -0.656. The molecule has 2 heteroatoms. The van der Waals surface area contributed by atoms with E-state index in [-0.39, 0.29) is 5.41 Å². The van der Waals surface area contributed by atoms with E-state index in [1.807, 2.05) is 18.2 Å². The molecule has 1 aliphatic rings. The van der Waals surface area contributed by atoms with Gasteiger partial charge in [-0.1, -0.05) is 45.0 Å². The van der Waals surface area contributed by atoms with Crippen LogP contribution in [0.5, 0.6) is 0 Å². The van der Waals surface area contributed by atoms with Crippen LogP contribution in [0.4, 0.5) is 0 Å². The number of hydrogen-bond acceptors (Lipinski definition) is 1. The Balaban J connectivity index is 2.33. The van der Waals surface area contributed by atoms with Crippen molar-refractivity contribution in [3.8, 4) is 0 Å². The molecule has 2 rings (SSSR count). The first-order valence-electron chi connectivity index (χ1n) is 6.67. The van der Waals surface area contributed by atoms with Gasteiger partial charge in [0.25, 0.3) is 0 Å². The van der Waals surface area contributed by atoms with Gasteiger partial charge in [0.15, 0.2) is 0 Å².